The zero-order valence-corrected chi connectivity index (χ0v) is 19.1. The van der Waals surface area contributed by atoms with E-state index >= 15 is 0 Å². The minimum Gasteiger partial charge on any atom is -0.467 e. The van der Waals surface area contributed by atoms with Crippen LogP contribution >= 0.6 is 11.3 Å². The number of furan rings is 1. The van der Waals surface area contributed by atoms with E-state index in [0.717, 1.165) is 16.3 Å². The molecule has 0 unspecified atom stereocenters. The van der Waals surface area contributed by atoms with E-state index in [1.165, 1.54) is 29.7 Å². The second kappa shape index (κ2) is 9.99. The molecule has 0 bridgehead atoms. The lowest BCUT2D eigenvalue weighted by Crippen LogP contribution is -2.30. The molecule has 2 heterocycles. The van der Waals surface area contributed by atoms with Crippen LogP contribution in [-0.2, 0) is 32.7 Å². The summed E-state index contributed by atoms with van der Waals surface area (Å²) in [5.41, 5.74) is 0.464. The molecule has 176 valence electrons. The van der Waals surface area contributed by atoms with E-state index in [1.807, 2.05) is 24.3 Å². The Balaban J connectivity index is 1.37. The highest BCUT2D eigenvalue weighted by molar-refractivity contribution is 7.89. The fourth-order valence-corrected chi connectivity index (χ4v) is 4.86. The Morgan fingerprint density at radius 3 is 2.74 bits per heavy atom. The van der Waals surface area contributed by atoms with Gasteiger partial charge in [-0.1, -0.05) is 12.1 Å². The first-order valence-corrected chi connectivity index (χ1v) is 12.2. The van der Waals surface area contributed by atoms with Crippen molar-refractivity contribution < 1.29 is 27.3 Å². The summed E-state index contributed by atoms with van der Waals surface area (Å²) in [4.78, 5) is 26.8. The average molecular weight is 503 g/mol. The first-order chi connectivity index (χ1) is 16.3. The van der Waals surface area contributed by atoms with Crippen LogP contribution in [0, 0.1) is 10.1 Å². The maximum atomic E-state index is 12.6. The standard InChI is InChI=1S/C21H18N4O7S2/c26-21(32-13-20-24-17-5-1-2-6-19(17)33-20)12-23-34(29,30)15-7-8-16(18(10-15)25(27)28)22-11-14-4-3-9-31-14/h1-10,22-23H,11-13H2. The molecule has 0 fully saturated rings. The molecule has 0 saturated carbocycles. The van der Waals surface area contributed by atoms with Gasteiger partial charge in [0.05, 0.1) is 32.8 Å². The van der Waals surface area contributed by atoms with Gasteiger partial charge in [-0.2, -0.15) is 4.72 Å². The molecule has 4 rings (SSSR count). The van der Waals surface area contributed by atoms with Gasteiger partial charge in [0, 0.05) is 6.07 Å². The first-order valence-electron chi connectivity index (χ1n) is 9.86. The van der Waals surface area contributed by atoms with Gasteiger partial charge >= 0.3 is 5.97 Å². The van der Waals surface area contributed by atoms with E-state index in [0.29, 0.717) is 10.8 Å². The fourth-order valence-electron chi connectivity index (χ4n) is 2.99. The second-order valence-corrected chi connectivity index (χ2v) is 9.81. The van der Waals surface area contributed by atoms with Gasteiger partial charge in [0.25, 0.3) is 5.69 Å². The Labute approximate surface area is 197 Å². The van der Waals surface area contributed by atoms with Crippen molar-refractivity contribution in [3.63, 3.8) is 0 Å². The maximum Gasteiger partial charge on any atom is 0.321 e. The number of benzene rings is 2. The van der Waals surface area contributed by atoms with Gasteiger partial charge in [-0.3, -0.25) is 14.9 Å². The maximum absolute atomic E-state index is 12.6. The highest BCUT2D eigenvalue weighted by Gasteiger charge is 2.22. The molecule has 13 heteroatoms. The molecular weight excluding hydrogens is 484 g/mol. The number of ether oxygens (including phenoxy) is 1. The van der Waals surface area contributed by atoms with Crippen LogP contribution in [0.1, 0.15) is 10.8 Å². The molecule has 0 spiro atoms. The van der Waals surface area contributed by atoms with Crippen molar-refractivity contribution in [2.45, 2.75) is 18.0 Å². The molecule has 0 atom stereocenters. The van der Waals surface area contributed by atoms with Gasteiger partial charge in [-0.25, -0.2) is 13.4 Å². The Morgan fingerprint density at radius 1 is 1.18 bits per heavy atom. The Kier molecular flexibility index (Phi) is 6.86. The number of sulfonamides is 1. The summed E-state index contributed by atoms with van der Waals surface area (Å²) in [6, 6.07) is 14.2. The van der Waals surface area contributed by atoms with E-state index in [4.69, 9.17) is 9.15 Å². The lowest BCUT2D eigenvalue weighted by atomic mass is 10.2. The Bertz CT molecular complexity index is 1400. The van der Waals surface area contributed by atoms with Gasteiger partial charge in [0.1, 0.15) is 29.6 Å². The summed E-state index contributed by atoms with van der Waals surface area (Å²) in [6.07, 6.45) is 1.47. The van der Waals surface area contributed by atoms with Gasteiger partial charge < -0.3 is 14.5 Å². The second-order valence-electron chi connectivity index (χ2n) is 6.93. The third kappa shape index (κ3) is 5.57. The minimum atomic E-state index is -4.20. The summed E-state index contributed by atoms with van der Waals surface area (Å²) >= 11 is 1.37. The number of esters is 1. The molecule has 2 aromatic heterocycles. The van der Waals surface area contributed by atoms with Gasteiger partial charge in [-0.15, -0.1) is 11.3 Å². The average Bonchev–Trinajstić information content (AvgIpc) is 3.49. The van der Waals surface area contributed by atoms with Crippen molar-refractivity contribution in [1.29, 1.82) is 0 Å². The lowest BCUT2D eigenvalue weighted by molar-refractivity contribution is -0.384. The smallest absolute Gasteiger partial charge is 0.321 e. The van der Waals surface area contributed by atoms with Gasteiger partial charge in [0.2, 0.25) is 10.0 Å². The molecule has 0 aliphatic rings. The van der Waals surface area contributed by atoms with E-state index in [9.17, 15) is 23.3 Å². The summed E-state index contributed by atoms with van der Waals surface area (Å²) in [5, 5.41) is 14.9. The minimum absolute atomic E-state index is 0.0958. The summed E-state index contributed by atoms with van der Waals surface area (Å²) < 4.78 is 38.4. The molecule has 0 aliphatic carbocycles. The molecule has 0 aliphatic heterocycles. The predicted octanol–water partition coefficient (Wildman–Crippen LogP) is 3.43. The van der Waals surface area contributed by atoms with Crippen LogP contribution in [0.15, 0.2) is 70.2 Å². The van der Waals surface area contributed by atoms with E-state index in [-0.39, 0.29) is 23.7 Å². The van der Waals surface area contributed by atoms with E-state index in [2.05, 4.69) is 15.0 Å². The van der Waals surface area contributed by atoms with Crippen LogP contribution in [0.2, 0.25) is 0 Å². The fraction of sp³-hybridized carbons (Fsp3) is 0.143. The Hall–Kier alpha value is -3.81. The van der Waals surface area contributed by atoms with Crippen molar-refractivity contribution in [2.75, 3.05) is 11.9 Å². The molecule has 0 saturated heterocycles. The number of carbonyl (C=O) groups is 1. The molecule has 4 aromatic rings. The molecule has 2 aromatic carbocycles. The number of anilines is 1. The molecule has 2 N–H and O–H groups in total. The molecule has 0 amide bonds. The van der Waals surface area contributed by atoms with Crippen molar-refractivity contribution in [3.05, 3.63) is 81.7 Å². The molecular formula is C21H18N4O7S2. The zero-order valence-electron chi connectivity index (χ0n) is 17.5. The number of nitrogens with one attached hydrogen (secondary N) is 2. The number of hydrogen-bond acceptors (Lipinski definition) is 10. The van der Waals surface area contributed by atoms with Crippen molar-refractivity contribution in [1.82, 2.24) is 9.71 Å². The summed E-state index contributed by atoms with van der Waals surface area (Å²) in [6.45, 7) is -0.556. The number of carbonyl (C=O) groups excluding carboxylic acids is 1. The van der Waals surface area contributed by atoms with Crippen LogP contribution in [0.4, 0.5) is 11.4 Å². The molecule has 11 nitrogen and oxygen atoms in total. The lowest BCUT2D eigenvalue weighted by Gasteiger charge is -2.09. The van der Waals surface area contributed by atoms with Crippen LogP contribution in [0.25, 0.3) is 10.2 Å². The third-order valence-electron chi connectivity index (χ3n) is 4.61. The van der Waals surface area contributed by atoms with Crippen molar-refractivity contribution >= 4 is 48.9 Å². The number of thiazole rings is 1. The number of hydrogen-bond donors (Lipinski definition) is 2. The topological polar surface area (TPSA) is 154 Å². The molecule has 0 radical (unpaired) electrons. The number of nitro benzene ring substituents is 1. The van der Waals surface area contributed by atoms with Crippen molar-refractivity contribution in [3.8, 4) is 0 Å². The zero-order chi connectivity index (χ0) is 24.1. The SMILES string of the molecule is O=C(CNS(=O)(=O)c1ccc(NCc2ccco2)c([N+](=O)[O-])c1)OCc1nc2ccccc2s1. The quantitative estimate of drug-likeness (QED) is 0.189. The number of rotatable bonds is 10. The Morgan fingerprint density at radius 2 is 2.00 bits per heavy atom. The first kappa shape index (κ1) is 23.4. The van der Waals surface area contributed by atoms with Crippen LogP contribution in [-0.4, -0.2) is 30.8 Å². The van der Waals surface area contributed by atoms with Gasteiger partial charge in [0.15, 0.2) is 0 Å². The van der Waals surface area contributed by atoms with Crippen LogP contribution < -0.4 is 10.0 Å². The third-order valence-corrected chi connectivity index (χ3v) is 7.02. The number of nitrogens with zero attached hydrogens (tertiary/aromatic N) is 2. The molecule has 34 heavy (non-hydrogen) atoms. The van der Waals surface area contributed by atoms with E-state index in [1.54, 1.807) is 12.1 Å². The number of fused-ring (bicyclic) bond motifs is 1. The highest BCUT2D eigenvalue weighted by Crippen LogP contribution is 2.28. The summed E-state index contributed by atoms with van der Waals surface area (Å²) in [5.74, 6) is -0.258. The monoisotopic (exact) mass is 502 g/mol. The number of para-hydroxylation sites is 1. The van der Waals surface area contributed by atoms with E-state index < -0.39 is 33.1 Å². The van der Waals surface area contributed by atoms with Gasteiger partial charge in [-0.05, 0) is 36.4 Å². The van der Waals surface area contributed by atoms with Crippen molar-refractivity contribution in [2.24, 2.45) is 0 Å². The highest BCUT2D eigenvalue weighted by atomic mass is 32.2. The van der Waals surface area contributed by atoms with Crippen LogP contribution in [0.3, 0.4) is 0 Å². The van der Waals surface area contributed by atoms with Crippen LogP contribution in [0.5, 0.6) is 0 Å². The largest absolute Gasteiger partial charge is 0.467 e. The number of aromatic nitrogens is 1. The number of nitro groups is 1. The normalized spacial score (nSPS) is 11.4. The predicted molar refractivity (Wildman–Crippen MR) is 124 cm³/mol. The summed E-state index contributed by atoms with van der Waals surface area (Å²) in [7, 11) is -4.20.